The van der Waals surface area contributed by atoms with Gasteiger partial charge in [-0.1, -0.05) is 194 Å². The standard InChI is InChI=1S/C62H39N3/c1-3-17-42(18-4-1)57-49-24-10-16-30-55(49)65(61(57)43-19-5-2-6-20-43)45-37-33-41(34-38-45)40-31-35-44(36-32-40)64-54-29-15-11-25-50(54)58-56(64)39-63-60-48-23-9-14-28-53(48)62(59(58)60)51-26-12-7-21-46(51)47-22-8-13-27-52(47)62/h1-39H. The molecule has 0 saturated carbocycles. The maximum Gasteiger partial charge on any atom is 0.0761 e. The summed E-state index contributed by atoms with van der Waals surface area (Å²) in [5.41, 5.74) is 22.5. The van der Waals surface area contributed by atoms with Crippen molar-refractivity contribution in [2.75, 3.05) is 0 Å². The van der Waals surface area contributed by atoms with Crippen LogP contribution in [0.4, 0.5) is 0 Å². The fourth-order valence-electron chi connectivity index (χ4n) is 11.6. The van der Waals surface area contributed by atoms with E-state index < -0.39 is 5.41 Å². The highest BCUT2D eigenvalue weighted by Crippen LogP contribution is 2.64. The Bertz CT molecular complexity index is 3790. The molecular weight excluding hydrogens is 787 g/mol. The zero-order chi connectivity index (χ0) is 42.6. The number of hydrogen-bond acceptors (Lipinski definition) is 1. The zero-order valence-corrected chi connectivity index (χ0v) is 35.4. The van der Waals surface area contributed by atoms with Crippen LogP contribution < -0.4 is 0 Å². The van der Waals surface area contributed by atoms with Gasteiger partial charge >= 0.3 is 0 Å². The molecule has 0 unspecified atom stereocenters. The number of fused-ring (bicyclic) bond motifs is 15. The molecule has 14 rings (SSSR count). The summed E-state index contributed by atoms with van der Waals surface area (Å²) >= 11 is 0. The van der Waals surface area contributed by atoms with Crippen LogP contribution in [0.15, 0.2) is 237 Å². The average Bonchev–Trinajstić information content (AvgIpc) is 4.09. The molecule has 2 aliphatic rings. The molecule has 12 aromatic rings. The van der Waals surface area contributed by atoms with E-state index in [2.05, 4.69) is 246 Å². The smallest absolute Gasteiger partial charge is 0.0761 e. The van der Waals surface area contributed by atoms with Gasteiger partial charge < -0.3 is 9.13 Å². The van der Waals surface area contributed by atoms with Gasteiger partial charge in [0.15, 0.2) is 0 Å². The highest BCUT2D eigenvalue weighted by Gasteiger charge is 2.53. The lowest BCUT2D eigenvalue weighted by Gasteiger charge is -2.30. The molecule has 3 aromatic heterocycles. The van der Waals surface area contributed by atoms with Gasteiger partial charge in [-0.25, -0.2) is 0 Å². The summed E-state index contributed by atoms with van der Waals surface area (Å²) in [4.78, 5) is 5.41. The van der Waals surface area contributed by atoms with Gasteiger partial charge in [-0.3, -0.25) is 4.98 Å². The molecule has 3 heteroatoms. The van der Waals surface area contributed by atoms with Crippen molar-refractivity contribution >= 4 is 32.7 Å². The van der Waals surface area contributed by atoms with Gasteiger partial charge in [0.05, 0.1) is 39.5 Å². The van der Waals surface area contributed by atoms with Crippen LogP contribution in [0.2, 0.25) is 0 Å². The Balaban J connectivity index is 0.911. The molecule has 0 aliphatic heterocycles. The Hall–Kier alpha value is -8.53. The van der Waals surface area contributed by atoms with Gasteiger partial charge in [0.2, 0.25) is 0 Å². The molecule has 0 fully saturated rings. The Kier molecular flexibility index (Phi) is 7.61. The maximum atomic E-state index is 5.41. The average molecular weight is 826 g/mol. The van der Waals surface area contributed by atoms with Crippen LogP contribution in [0.25, 0.3) is 100.0 Å². The summed E-state index contributed by atoms with van der Waals surface area (Å²) in [6.45, 7) is 0. The SMILES string of the molecule is c1ccc(-c2c(-c3ccccc3)n(-c3ccc(-c4ccc(-n5c6ccccc6c6c7c(ncc65)-c5ccccc5C75c6ccccc6-c6ccccc65)cc4)cc3)c3ccccc23)cc1. The van der Waals surface area contributed by atoms with Gasteiger partial charge in [-0.05, 0) is 86.5 Å². The molecule has 0 atom stereocenters. The minimum Gasteiger partial charge on any atom is -0.309 e. The van der Waals surface area contributed by atoms with Crippen molar-refractivity contribution in [1.29, 1.82) is 0 Å². The summed E-state index contributed by atoms with van der Waals surface area (Å²) < 4.78 is 4.85. The van der Waals surface area contributed by atoms with E-state index >= 15 is 0 Å². The number of pyridine rings is 1. The minimum atomic E-state index is -0.492. The Morgan fingerprint density at radius 2 is 0.800 bits per heavy atom. The molecule has 302 valence electrons. The Morgan fingerprint density at radius 3 is 1.42 bits per heavy atom. The van der Waals surface area contributed by atoms with Gasteiger partial charge in [-0.2, -0.15) is 0 Å². The van der Waals surface area contributed by atoms with E-state index in [-0.39, 0.29) is 0 Å². The van der Waals surface area contributed by atoms with Crippen LogP contribution in [0.5, 0.6) is 0 Å². The van der Waals surface area contributed by atoms with E-state index in [9.17, 15) is 0 Å². The molecule has 0 radical (unpaired) electrons. The maximum absolute atomic E-state index is 5.41. The molecule has 3 nitrogen and oxygen atoms in total. The summed E-state index contributed by atoms with van der Waals surface area (Å²) in [6, 6.07) is 84.3. The number of nitrogens with zero attached hydrogens (tertiary/aromatic N) is 3. The number of para-hydroxylation sites is 2. The summed E-state index contributed by atoms with van der Waals surface area (Å²) in [5.74, 6) is 0. The third kappa shape index (κ3) is 4.92. The van der Waals surface area contributed by atoms with Gasteiger partial charge in [-0.15, -0.1) is 0 Å². The van der Waals surface area contributed by atoms with Crippen molar-refractivity contribution in [3.05, 3.63) is 259 Å². The molecule has 2 aliphatic carbocycles. The lowest BCUT2D eigenvalue weighted by molar-refractivity contribution is 0.800. The Labute approximate surface area is 376 Å². The van der Waals surface area contributed by atoms with Gasteiger partial charge in [0.25, 0.3) is 0 Å². The molecule has 3 heterocycles. The van der Waals surface area contributed by atoms with Crippen LogP contribution in [0.1, 0.15) is 22.3 Å². The second kappa shape index (κ2) is 13.7. The molecule has 0 amide bonds. The van der Waals surface area contributed by atoms with Crippen LogP contribution in [-0.2, 0) is 5.41 Å². The first-order valence-corrected chi connectivity index (χ1v) is 22.5. The van der Waals surface area contributed by atoms with Crippen LogP contribution in [-0.4, -0.2) is 14.1 Å². The lowest BCUT2D eigenvalue weighted by atomic mass is 9.70. The van der Waals surface area contributed by atoms with E-state index in [1.165, 1.54) is 99.6 Å². The number of aromatic nitrogens is 3. The van der Waals surface area contributed by atoms with E-state index in [1.807, 2.05) is 0 Å². The fourth-order valence-corrected chi connectivity index (χ4v) is 11.6. The predicted octanol–water partition coefficient (Wildman–Crippen LogP) is 15.5. The molecular formula is C62H39N3. The highest BCUT2D eigenvalue weighted by molar-refractivity contribution is 6.15. The summed E-state index contributed by atoms with van der Waals surface area (Å²) in [7, 11) is 0. The minimum absolute atomic E-state index is 0.492. The fraction of sp³-hybridized carbons (Fsp3) is 0.0161. The monoisotopic (exact) mass is 825 g/mol. The van der Waals surface area contributed by atoms with Crippen molar-refractivity contribution in [2.24, 2.45) is 0 Å². The predicted molar refractivity (Wildman–Crippen MR) is 268 cm³/mol. The normalized spacial score (nSPS) is 13.0. The molecule has 0 N–H and O–H groups in total. The Morgan fingerprint density at radius 1 is 0.338 bits per heavy atom. The second-order valence-electron chi connectivity index (χ2n) is 17.4. The molecule has 65 heavy (non-hydrogen) atoms. The molecule has 9 aromatic carbocycles. The van der Waals surface area contributed by atoms with Crippen LogP contribution in [0, 0.1) is 0 Å². The number of hydrogen-bond donors (Lipinski definition) is 0. The first kappa shape index (κ1) is 36.0. The van der Waals surface area contributed by atoms with Crippen molar-refractivity contribution in [1.82, 2.24) is 14.1 Å². The van der Waals surface area contributed by atoms with E-state index in [1.54, 1.807) is 0 Å². The summed E-state index contributed by atoms with van der Waals surface area (Å²) in [6.07, 6.45) is 2.11. The second-order valence-corrected chi connectivity index (χ2v) is 17.4. The highest BCUT2D eigenvalue weighted by atomic mass is 15.0. The lowest BCUT2D eigenvalue weighted by Crippen LogP contribution is -2.26. The van der Waals surface area contributed by atoms with E-state index in [4.69, 9.17) is 4.98 Å². The van der Waals surface area contributed by atoms with Crippen molar-refractivity contribution in [3.63, 3.8) is 0 Å². The molecule has 1 spiro atoms. The zero-order valence-electron chi connectivity index (χ0n) is 35.4. The largest absolute Gasteiger partial charge is 0.309 e. The first-order valence-electron chi connectivity index (χ1n) is 22.5. The van der Waals surface area contributed by atoms with Gasteiger partial charge in [0.1, 0.15) is 0 Å². The van der Waals surface area contributed by atoms with Crippen LogP contribution >= 0.6 is 0 Å². The quantitative estimate of drug-likeness (QED) is 0.169. The van der Waals surface area contributed by atoms with Gasteiger partial charge in [0, 0.05) is 44.2 Å². The molecule has 0 saturated heterocycles. The van der Waals surface area contributed by atoms with Crippen molar-refractivity contribution in [2.45, 2.75) is 5.41 Å². The topological polar surface area (TPSA) is 22.8 Å². The summed E-state index contributed by atoms with van der Waals surface area (Å²) in [5, 5.41) is 3.73. The van der Waals surface area contributed by atoms with Crippen molar-refractivity contribution < 1.29 is 0 Å². The third-order valence-corrected chi connectivity index (χ3v) is 14.2. The number of rotatable bonds is 5. The van der Waals surface area contributed by atoms with Crippen LogP contribution in [0.3, 0.4) is 0 Å². The van der Waals surface area contributed by atoms with E-state index in [0.717, 1.165) is 22.6 Å². The third-order valence-electron chi connectivity index (χ3n) is 14.2. The van der Waals surface area contributed by atoms with E-state index in [0.29, 0.717) is 0 Å². The van der Waals surface area contributed by atoms with Crippen molar-refractivity contribution in [3.8, 4) is 67.3 Å². The molecule has 0 bridgehead atoms. The first-order chi connectivity index (χ1) is 32.3. The number of benzene rings is 9.